The lowest BCUT2D eigenvalue weighted by atomic mass is 9.79. The first kappa shape index (κ1) is 13.9. The van der Waals surface area contributed by atoms with Gasteiger partial charge in [-0.2, -0.15) is 0 Å². The van der Waals surface area contributed by atoms with Crippen molar-refractivity contribution in [2.24, 2.45) is 0 Å². The molecule has 1 saturated carbocycles. The number of anilines is 1. The zero-order valence-corrected chi connectivity index (χ0v) is 12.0. The van der Waals surface area contributed by atoms with Gasteiger partial charge in [0, 0.05) is 10.9 Å². The van der Waals surface area contributed by atoms with Crippen LogP contribution in [0.5, 0.6) is 0 Å². The van der Waals surface area contributed by atoms with Gasteiger partial charge in [0.25, 0.3) is 0 Å². The first-order valence-corrected chi connectivity index (χ1v) is 7.53. The first-order chi connectivity index (χ1) is 10.2. The van der Waals surface area contributed by atoms with Gasteiger partial charge in [0.05, 0.1) is 11.9 Å². The summed E-state index contributed by atoms with van der Waals surface area (Å²) in [7, 11) is 0. The molecule has 0 radical (unpaired) electrons. The van der Waals surface area contributed by atoms with Crippen molar-refractivity contribution >= 4 is 22.7 Å². The lowest BCUT2D eigenvalue weighted by Crippen LogP contribution is -2.42. The van der Waals surface area contributed by atoms with Gasteiger partial charge < -0.3 is 10.4 Å². The minimum Gasteiger partial charge on any atom is -0.481 e. The van der Waals surface area contributed by atoms with Gasteiger partial charge >= 0.3 is 5.97 Å². The Labute approximate surface area is 124 Å². The Morgan fingerprint density at radius 1 is 1.14 bits per heavy atom. The van der Waals surface area contributed by atoms with E-state index in [4.69, 9.17) is 0 Å². The molecule has 0 unspecified atom stereocenters. The number of aromatic nitrogens is 1. The molecule has 21 heavy (non-hydrogen) atoms. The topological polar surface area (TPSA) is 62.2 Å². The largest absolute Gasteiger partial charge is 0.481 e. The number of rotatable bonds is 4. The second kappa shape index (κ2) is 5.72. The van der Waals surface area contributed by atoms with E-state index >= 15 is 0 Å². The van der Waals surface area contributed by atoms with Crippen LogP contribution in [-0.2, 0) is 4.79 Å². The van der Waals surface area contributed by atoms with Crippen molar-refractivity contribution in [3.8, 4) is 0 Å². The Morgan fingerprint density at radius 2 is 1.90 bits per heavy atom. The second-order valence-electron chi connectivity index (χ2n) is 5.93. The fraction of sp³-hybridized carbons (Fsp3) is 0.412. The summed E-state index contributed by atoms with van der Waals surface area (Å²) in [5.74, 6) is 0.0297. The summed E-state index contributed by atoms with van der Waals surface area (Å²) in [5.41, 5.74) is 0.586. The fourth-order valence-corrected chi connectivity index (χ4v) is 3.27. The van der Waals surface area contributed by atoms with Crippen molar-refractivity contribution < 1.29 is 9.90 Å². The number of para-hydroxylation sites is 1. The van der Waals surface area contributed by atoms with Gasteiger partial charge in [0.1, 0.15) is 5.82 Å². The highest BCUT2D eigenvalue weighted by Crippen LogP contribution is 2.34. The van der Waals surface area contributed by atoms with Crippen LogP contribution in [0.3, 0.4) is 0 Å². The molecule has 1 aliphatic carbocycles. The zero-order chi connectivity index (χ0) is 14.7. The SMILES string of the molecule is O=C(O)CC1(Nc2ccc3ccccc3n2)CCCCC1. The van der Waals surface area contributed by atoms with E-state index in [-0.39, 0.29) is 12.0 Å². The number of aliphatic carboxylic acids is 1. The number of carboxylic acid groups (broad SMARTS) is 1. The number of carbonyl (C=O) groups is 1. The van der Waals surface area contributed by atoms with Gasteiger partial charge in [-0.25, -0.2) is 4.98 Å². The highest BCUT2D eigenvalue weighted by Gasteiger charge is 2.34. The number of nitrogens with one attached hydrogen (secondary N) is 1. The van der Waals surface area contributed by atoms with Crippen LogP contribution in [0, 0.1) is 0 Å². The molecule has 1 heterocycles. The van der Waals surface area contributed by atoms with Crippen molar-refractivity contribution in [1.29, 1.82) is 0 Å². The Kier molecular flexibility index (Phi) is 3.78. The minimum absolute atomic E-state index is 0.154. The summed E-state index contributed by atoms with van der Waals surface area (Å²) in [4.78, 5) is 15.8. The summed E-state index contributed by atoms with van der Waals surface area (Å²) in [6.45, 7) is 0. The summed E-state index contributed by atoms with van der Waals surface area (Å²) >= 11 is 0. The molecular formula is C17H20N2O2. The molecule has 2 N–H and O–H groups in total. The number of hydrogen-bond acceptors (Lipinski definition) is 3. The molecule has 0 amide bonds. The van der Waals surface area contributed by atoms with Gasteiger partial charge in [-0.3, -0.25) is 4.79 Å². The van der Waals surface area contributed by atoms with Crippen LogP contribution in [0.25, 0.3) is 10.9 Å². The van der Waals surface area contributed by atoms with Crippen LogP contribution < -0.4 is 5.32 Å². The lowest BCUT2D eigenvalue weighted by Gasteiger charge is -2.37. The molecule has 110 valence electrons. The third kappa shape index (κ3) is 3.15. The maximum absolute atomic E-state index is 11.2. The number of fused-ring (bicyclic) bond motifs is 1. The molecule has 0 bridgehead atoms. The van der Waals surface area contributed by atoms with Crippen LogP contribution in [0.1, 0.15) is 38.5 Å². The predicted molar refractivity (Wildman–Crippen MR) is 83.4 cm³/mol. The van der Waals surface area contributed by atoms with Crippen molar-refractivity contribution in [2.45, 2.75) is 44.1 Å². The fourth-order valence-electron chi connectivity index (χ4n) is 3.27. The quantitative estimate of drug-likeness (QED) is 0.895. The highest BCUT2D eigenvalue weighted by molar-refractivity contribution is 5.80. The van der Waals surface area contributed by atoms with Crippen LogP contribution in [-0.4, -0.2) is 21.6 Å². The lowest BCUT2D eigenvalue weighted by molar-refractivity contribution is -0.138. The number of hydrogen-bond donors (Lipinski definition) is 2. The minimum atomic E-state index is -0.745. The summed E-state index contributed by atoms with van der Waals surface area (Å²) < 4.78 is 0. The molecular weight excluding hydrogens is 264 g/mol. The molecule has 0 aliphatic heterocycles. The molecule has 1 fully saturated rings. The molecule has 0 atom stereocenters. The smallest absolute Gasteiger partial charge is 0.305 e. The number of benzene rings is 1. The second-order valence-corrected chi connectivity index (χ2v) is 5.93. The van der Waals surface area contributed by atoms with E-state index in [9.17, 15) is 9.90 Å². The Hall–Kier alpha value is -2.10. The monoisotopic (exact) mass is 284 g/mol. The molecule has 4 nitrogen and oxygen atoms in total. The van der Waals surface area contributed by atoms with E-state index in [1.807, 2.05) is 36.4 Å². The van der Waals surface area contributed by atoms with Gasteiger partial charge in [-0.1, -0.05) is 37.5 Å². The Balaban J connectivity index is 1.88. The van der Waals surface area contributed by atoms with Gasteiger partial charge in [-0.05, 0) is 31.0 Å². The molecule has 1 aromatic carbocycles. The highest BCUT2D eigenvalue weighted by atomic mass is 16.4. The molecule has 0 saturated heterocycles. The van der Waals surface area contributed by atoms with Crippen LogP contribution >= 0.6 is 0 Å². The number of nitrogens with zero attached hydrogens (tertiary/aromatic N) is 1. The van der Waals surface area contributed by atoms with Crippen LogP contribution in [0.15, 0.2) is 36.4 Å². The van der Waals surface area contributed by atoms with E-state index in [1.165, 1.54) is 6.42 Å². The van der Waals surface area contributed by atoms with E-state index < -0.39 is 5.97 Å². The number of pyridine rings is 1. The predicted octanol–water partition coefficient (Wildman–Crippen LogP) is 3.82. The molecule has 1 aromatic heterocycles. The van der Waals surface area contributed by atoms with Crippen molar-refractivity contribution in [2.75, 3.05) is 5.32 Å². The van der Waals surface area contributed by atoms with Crippen molar-refractivity contribution in [3.63, 3.8) is 0 Å². The third-order valence-corrected chi connectivity index (χ3v) is 4.29. The van der Waals surface area contributed by atoms with E-state index in [2.05, 4.69) is 10.3 Å². The van der Waals surface area contributed by atoms with Crippen LogP contribution in [0.2, 0.25) is 0 Å². The third-order valence-electron chi connectivity index (χ3n) is 4.29. The van der Waals surface area contributed by atoms with Gasteiger partial charge in [-0.15, -0.1) is 0 Å². The molecule has 4 heteroatoms. The first-order valence-electron chi connectivity index (χ1n) is 7.53. The summed E-state index contributed by atoms with van der Waals surface area (Å²) in [6, 6.07) is 11.9. The average Bonchev–Trinajstić information content (AvgIpc) is 2.47. The standard InChI is InChI=1S/C17H20N2O2/c20-16(21)12-17(10-4-1-5-11-17)19-15-9-8-13-6-2-3-7-14(13)18-15/h2-3,6-9H,1,4-5,10-12H2,(H,18,19)(H,20,21). The number of carboxylic acids is 1. The molecule has 1 aliphatic rings. The van der Waals surface area contributed by atoms with E-state index in [0.717, 1.165) is 42.4 Å². The van der Waals surface area contributed by atoms with E-state index in [0.29, 0.717) is 0 Å². The molecule has 0 spiro atoms. The Bertz CT molecular complexity index is 648. The van der Waals surface area contributed by atoms with Crippen molar-refractivity contribution in [3.05, 3.63) is 36.4 Å². The van der Waals surface area contributed by atoms with Crippen LogP contribution in [0.4, 0.5) is 5.82 Å². The summed E-state index contributed by atoms with van der Waals surface area (Å²) in [6.07, 6.45) is 5.29. The van der Waals surface area contributed by atoms with E-state index in [1.54, 1.807) is 0 Å². The van der Waals surface area contributed by atoms with Gasteiger partial charge in [0.15, 0.2) is 0 Å². The maximum Gasteiger partial charge on any atom is 0.305 e. The Morgan fingerprint density at radius 3 is 2.67 bits per heavy atom. The average molecular weight is 284 g/mol. The van der Waals surface area contributed by atoms with Crippen molar-refractivity contribution in [1.82, 2.24) is 4.98 Å². The maximum atomic E-state index is 11.2. The zero-order valence-electron chi connectivity index (χ0n) is 12.0. The molecule has 3 rings (SSSR count). The summed E-state index contributed by atoms with van der Waals surface area (Å²) in [5, 5.41) is 13.7. The van der Waals surface area contributed by atoms with Gasteiger partial charge in [0.2, 0.25) is 0 Å². The molecule has 2 aromatic rings. The normalized spacial score (nSPS) is 17.5.